The zero-order valence-electron chi connectivity index (χ0n) is 15.1. The van der Waals surface area contributed by atoms with Gasteiger partial charge in [-0.3, -0.25) is 9.69 Å². The lowest BCUT2D eigenvalue weighted by Gasteiger charge is -2.28. The van der Waals surface area contributed by atoms with Gasteiger partial charge in [-0.15, -0.1) is 0 Å². The van der Waals surface area contributed by atoms with E-state index in [0.717, 1.165) is 33.8 Å². The number of hydrogen-bond donors (Lipinski definition) is 1. The topological polar surface area (TPSA) is 36.1 Å². The molecule has 0 saturated carbocycles. The van der Waals surface area contributed by atoms with Crippen molar-refractivity contribution < 1.29 is 0 Å². The van der Waals surface area contributed by atoms with Crippen molar-refractivity contribution in [1.82, 2.24) is 9.88 Å². The molecule has 1 saturated heterocycles. The molecule has 1 aliphatic rings. The minimum Gasteiger partial charge on any atom is -0.325 e. The van der Waals surface area contributed by atoms with Crippen molar-refractivity contribution in [1.29, 1.82) is 0 Å². The van der Waals surface area contributed by atoms with Crippen LogP contribution < -0.4 is 5.56 Å². The summed E-state index contributed by atoms with van der Waals surface area (Å²) in [6.07, 6.45) is 3.89. The highest BCUT2D eigenvalue weighted by Gasteiger charge is 2.19. The molecular formula is C20H25IN2OS. The van der Waals surface area contributed by atoms with Crippen LogP contribution in [-0.2, 0) is 6.54 Å². The Morgan fingerprint density at radius 3 is 2.36 bits per heavy atom. The molecule has 25 heavy (non-hydrogen) atoms. The summed E-state index contributed by atoms with van der Waals surface area (Å²) < 4.78 is 0.805. The predicted molar refractivity (Wildman–Crippen MR) is 114 cm³/mol. The first-order valence-electron chi connectivity index (χ1n) is 8.84. The summed E-state index contributed by atoms with van der Waals surface area (Å²) in [7, 11) is 0. The van der Waals surface area contributed by atoms with Crippen molar-refractivity contribution in [2.45, 2.75) is 56.4 Å². The lowest BCUT2D eigenvalue weighted by atomic mass is 10.1. The van der Waals surface area contributed by atoms with Crippen LogP contribution >= 0.6 is 34.4 Å². The zero-order chi connectivity index (χ0) is 18.0. The van der Waals surface area contributed by atoms with Gasteiger partial charge in [0, 0.05) is 27.6 Å². The van der Waals surface area contributed by atoms with Crippen LogP contribution in [0.4, 0.5) is 0 Å². The maximum atomic E-state index is 12.3. The number of rotatable bonds is 4. The van der Waals surface area contributed by atoms with Crippen molar-refractivity contribution in [2.24, 2.45) is 0 Å². The number of benzene rings is 1. The fourth-order valence-electron chi connectivity index (χ4n) is 3.45. The van der Waals surface area contributed by atoms with Gasteiger partial charge in [0.15, 0.2) is 0 Å². The Balaban J connectivity index is 1.99. The molecule has 3 nitrogen and oxygen atoms in total. The fourth-order valence-corrected chi connectivity index (χ4v) is 5.49. The Morgan fingerprint density at radius 1 is 1.08 bits per heavy atom. The van der Waals surface area contributed by atoms with E-state index in [1.807, 2.05) is 6.92 Å². The Labute approximate surface area is 167 Å². The van der Waals surface area contributed by atoms with E-state index in [1.165, 1.54) is 40.8 Å². The molecule has 134 valence electrons. The van der Waals surface area contributed by atoms with E-state index >= 15 is 0 Å². The summed E-state index contributed by atoms with van der Waals surface area (Å²) in [5, 5.41) is 0. The number of halogens is 1. The van der Waals surface area contributed by atoms with Gasteiger partial charge in [0.25, 0.3) is 5.56 Å². The number of piperidine rings is 1. The lowest BCUT2D eigenvalue weighted by Crippen LogP contribution is -2.30. The molecule has 5 heteroatoms. The van der Waals surface area contributed by atoms with Crippen molar-refractivity contribution in [3.63, 3.8) is 0 Å². The normalized spacial score (nSPS) is 15.5. The molecule has 0 bridgehead atoms. The minimum atomic E-state index is 0.0207. The highest BCUT2D eigenvalue weighted by molar-refractivity contribution is 14.1. The smallest absolute Gasteiger partial charge is 0.262 e. The van der Waals surface area contributed by atoms with Crippen molar-refractivity contribution in [3.8, 4) is 0 Å². The SMILES string of the molecule is Cc1cc(C)cc(Sc2c(CN3CCCCC3)c(C)[nH]c(=O)c2I)c1. The van der Waals surface area contributed by atoms with E-state index in [2.05, 4.69) is 64.5 Å². The summed E-state index contributed by atoms with van der Waals surface area (Å²) in [4.78, 5) is 20.2. The van der Waals surface area contributed by atoms with Gasteiger partial charge >= 0.3 is 0 Å². The zero-order valence-corrected chi connectivity index (χ0v) is 18.1. The summed E-state index contributed by atoms with van der Waals surface area (Å²) in [5.74, 6) is 0. The molecule has 1 aromatic heterocycles. The first-order chi connectivity index (χ1) is 11.9. The highest BCUT2D eigenvalue weighted by Crippen LogP contribution is 2.35. The molecule has 2 heterocycles. The number of nitrogens with one attached hydrogen (secondary N) is 1. The Kier molecular flexibility index (Phi) is 6.28. The average Bonchev–Trinajstić information content (AvgIpc) is 2.56. The van der Waals surface area contributed by atoms with Gasteiger partial charge in [-0.1, -0.05) is 24.2 Å². The van der Waals surface area contributed by atoms with E-state index in [0.29, 0.717) is 0 Å². The van der Waals surface area contributed by atoms with Crippen LogP contribution in [0.15, 0.2) is 32.8 Å². The van der Waals surface area contributed by atoms with E-state index in [-0.39, 0.29) is 5.56 Å². The Morgan fingerprint density at radius 2 is 1.72 bits per heavy atom. The monoisotopic (exact) mass is 468 g/mol. The highest BCUT2D eigenvalue weighted by atomic mass is 127. The molecular weight excluding hydrogens is 443 g/mol. The van der Waals surface area contributed by atoms with Crippen LogP contribution in [0.5, 0.6) is 0 Å². The van der Waals surface area contributed by atoms with Crippen molar-refractivity contribution in [3.05, 3.63) is 54.5 Å². The molecule has 3 rings (SSSR count). The number of hydrogen-bond acceptors (Lipinski definition) is 3. The molecule has 0 radical (unpaired) electrons. The van der Waals surface area contributed by atoms with Crippen LogP contribution in [0.25, 0.3) is 0 Å². The second-order valence-electron chi connectivity index (χ2n) is 6.96. The number of pyridine rings is 1. The van der Waals surface area contributed by atoms with E-state index < -0.39 is 0 Å². The van der Waals surface area contributed by atoms with Gasteiger partial charge in [-0.25, -0.2) is 0 Å². The number of aryl methyl sites for hydroxylation is 3. The number of aromatic nitrogens is 1. The van der Waals surface area contributed by atoms with Gasteiger partial charge in [0.05, 0.1) is 3.57 Å². The van der Waals surface area contributed by atoms with Crippen molar-refractivity contribution in [2.75, 3.05) is 13.1 Å². The number of aromatic amines is 1. The molecule has 1 fully saturated rings. The van der Waals surface area contributed by atoms with E-state index in [4.69, 9.17) is 0 Å². The van der Waals surface area contributed by atoms with Crippen LogP contribution in [0.1, 0.15) is 41.6 Å². The maximum Gasteiger partial charge on any atom is 0.262 e. The Bertz CT molecular complexity index is 805. The first kappa shape index (κ1) is 19.0. The third kappa shape index (κ3) is 4.68. The van der Waals surface area contributed by atoms with Gasteiger partial charge in [0.2, 0.25) is 0 Å². The summed E-state index contributed by atoms with van der Waals surface area (Å²) in [5.41, 5.74) is 4.82. The van der Waals surface area contributed by atoms with Crippen LogP contribution in [0, 0.1) is 24.3 Å². The molecule has 1 aliphatic heterocycles. The third-order valence-corrected chi connectivity index (χ3v) is 7.19. The standard InChI is InChI=1S/C20H25IN2OS/c1-13-9-14(2)11-16(10-13)25-19-17(12-23-7-5-4-6-8-23)15(3)22-20(24)18(19)21/h9-11H,4-8,12H2,1-3H3,(H,22,24). The minimum absolute atomic E-state index is 0.0207. The number of H-pyrrole nitrogens is 1. The summed E-state index contributed by atoms with van der Waals surface area (Å²) in [6.45, 7) is 9.51. The van der Waals surface area contributed by atoms with Crippen LogP contribution in [-0.4, -0.2) is 23.0 Å². The average molecular weight is 468 g/mol. The van der Waals surface area contributed by atoms with Gasteiger partial charge in [0.1, 0.15) is 0 Å². The second-order valence-corrected chi connectivity index (χ2v) is 9.13. The molecule has 0 spiro atoms. The fraction of sp³-hybridized carbons (Fsp3) is 0.450. The second kappa shape index (κ2) is 8.27. The van der Waals surface area contributed by atoms with Crippen LogP contribution in [0.2, 0.25) is 0 Å². The number of likely N-dealkylation sites (tertiary alicyclic amines) is 1. The molecule has 0 amide bonds. The number of nitrogens with zero attached hydrogens (tertiary/aromatic N) is 1. The maximum absolute atomic E-state index is 12.3. The largest absolute Gasteiger partial charge is 0.325 e. The molecule has 1 aromatic carbocycles. The van der Waals surface area contributed by atoms with Crippen molar-refractivity contribution >= 4 is 34.4 Å². The molecule has 0 unspecified atom stereocenters. The first-order valence-corrected chi connectivity index (χ1v) is 10.7. The molecule has 2 aromatic rings. The molecule has 1 N–H and O–H groups in total. The van der Waals surface area contributed by atoms with E-state index in [9.17, 15) is 4.79 Å². The van der Waals surface area contributed by atoms with Crippen LogP contribution in [0.3, 0.4) is 0 Å². The van der Waals surface area contributed by atoms with Gasteiger partial charge in [-0.05, 0) is 92.6 Å². The quantitative estimate of drug-likeness (QED) is 0.639. The third-order valence-electron chi connectivity index (χ3n) is 4.67. The summed E-state index contributed by atoms with van der Waals surface area (Å²) >= 11 is 3.93. The summed E-state index contributed by atoms with van der Waals surface area (Å²) in [6, 6.07) is 6.59. The van der Waals surface area contributed by atoms with E-state index in [1.54, 1.807) is 11.8 Å². The molecule has 0 atom stereocenters. The molecule has 0 aliphatic carbocycles. The van der Waals surface area contributed by atoms with Gasteiger partial charge in [-0.2, -0.15) is 0 Å². The lowest BCUT2D eigenvalue weighted by molar-refractivity contribution is 0.218. The predicted octanol–water partition coefficient (Wildman–Crippen LogP) is 5.04. The van der Waals surface area contributed by atoms with Gasteiger partial charge < -0.3 is 4.98 Å². The Hall–Kier alpha value is -0.790.